The van der Waals surface area contributed by atoms with Gasteiger partial charge in [-0.3, -0.25) is 0 Å². The fourth-order valence-corrected chi connectivity index (χ4v) is 2.07. The minimum absolute atomic E-state index is 0.781. The van der Waals surface area contributed by atoms with Crippen LogP contribution in [-0.2, 0) is 0 Å². The molecule has 0 spiro atoms. The van der Waals surface area contributed by atoms with Gasteiger partial charge in [0.1, 0.15) is 0 Å². The van der Waals surface area contributed by atoms with Crippen molar-refractivity contribution in [2.45, 2.75) is 12.8 Å². The van der Waals surface area contributed by atoms with Crippen LogP contribution in [0.15, 0.2) is 22.9 Å². The highest BCUT2D eigenvalue weighted by atomic mass is 15.4. The fourth-order valence-electron chi connectivity index (χ4n) is 2.07. The summed E-state index contributed by atoms with van der Waals surface area (Å²) >= 11 is 0. The predicted molar refractivity (Wildman–Crippen MR) is 39.0 cm³/mol. The van der Waals surface area contributed by atoms with E-state index in [1.807, 2.05) is 0 Å². The number of hydrogen-bond donors (Lipinski definition) is 2. The van der Waals surface area contributed by atoms with E-state index in [0.717, 1.165) is 12.5 Å². The summed E-state index contributed by atoms with van der Waals surface area (Å²) in [7, 11) is 0. The van der Waals surface area contributed by atoms with Crippen LogP contribution in [0, 0.1) is 5.92 Å². The Bertz CT molecular complexity index is 250. The third-order valence-corrected chi connectivity index (χ3v) is 2.63. The van der Waals surface area contributed by atoms with E-state index in [-0.39, 0.29) is 0 Å². The van der Waals surface area contributed by atoms with Crippen LogP contribution in [-0.4, -0.2) is 6.54 Å². The normalized spacial score (nSPS) is 34.4. The number of hydrogen-bond acceptors (Lipinski definition) is 2. The molecule has 2 heteroatoms. The van der Waals surface area contributed by atoms with Crippen LogP contribution in [0.5, 0.6) is 0 Å². The van der Waals surface area contributed by atoms with Crippen LogP contribution in [0.2, 0.25) is 0 Å². The van der Waals surface area contributed by atoms with Crippen molar-refractivity contribution >= 4 is 0 Å². The molecule has 1 saturated heterocycles. The van der Waals surface area contributed by atoms with Crippen LogP contribution < -0.4 is 10.9 Å². The first-order chi connectivity index (χ1) is 4.93. The summed E-state index contributed by atoms with van der Waals surface area (Å²) in [5, 5.41) is 0. The molecule has 4 aliphatic rings. The smallest absolute Gasteiger partial charge is 0.0344 e. The average Bonchev–Trinajstić information content (AvgIpc) is 2.29. The Balaban J connectivity index is 2.11. The maximum atomic E-state index is 3.23. The summed E-state index contributed by atoms with van der Waals surface area (Å²) < 4.78 is 0. The molecule has 0 aromatic rings. The molecule has 0 saturated carbocycles. The molecule has 2 N–H and O–H groups in total. The molecule has 1 fully saturated rings. The molecule has 10 heavy (non-hydrogen) atoms. The van der Waals surface area contributed by atoms with E-state index in [1.54, 1.807) is 5.57 Å². The lowest BCUT2D eigenvalue weighted by molar-refractivity contribution is 0.598. The summed E-state index contributed by atoms with van der Waals surface area (Å²) in [6.45, 7) is 1.12. The maximum Gasteiger partial charge on any atom is 0.0344 e. The Kier molecular flexibility index (Phi) is 0.722. The highest BCUT2D eigenvalue weighted by Gasteiger charge is 2.33. The number of allylic oxidation sites excluding steroid dienone is 3. The van der Waals surface area contributed by atoms with Crippen LogP contribution in [0.3, 0.4) is 0 Å². The van der Waals surface area contributed by atoms with E-state index < -0.39 is 0 Å². The zero-order chi connectivity index (χ0) is 6.55. The van der Waals surface area contributed by atoms with Crippen molar-refractivity contribution in [1.29, 1.82) is 0 Å². The van der Waals surface area contributed by atoms with Crippen molar-refractivity contribution in [2.24, 2.45) is 5.92 Å². The topological polar surface area (TPSA) is 24.1 Å². The maximum absolute atomic E-state index is 3.23. The van der Waals surface area contributed by atoms with Gasteiger partial charge in [-0.15, -0.1) is 0 Å². The van der Waals surface area contributed by atoms with Crippen LogP contribution in [0.4, 0.5) is 0 Å². The molecule has 1 atom stereocenters. The molecule has 0 aromatic heterocycles. The standard InChI is InChI=1S/C8H10N2/c1-5-2-6(1)8-7(3-5)4-9-10-8/h1,7,9-10H,2-4H2. The highest BCUT2D eigenvalue weighted by Crippen LogP contribution is 2.41. The van der Waals surface area contributed by atoms with Gasteiger partial charge in [-0.2, -0.15) is 0 Å². The molecule has 2 bridgehead atoms. The Morgan fingerprint density at radius 1 is 1.50 bits per heavy atom. The second-order valence-electron chi connectivity index (χ2n) is 3.33. The lowest BCUT2D eigenvalue weighted by Crippen LogP contribution is -2.23. The zero-order valence-corrected chi connectivity index (χ0v) is 5.78. The molecular formula is C8H10N2. The number of nitrogens with one attached hydrogen (secondary N) is 2. The van der Waals surface area contributed by atoms with E-state index in [1.165, 1.54) is 24.1 Å². The SMILES string of the molecule is C1=C2CC1=C1NNCC1C2. The highest BCUT2D eigenvalue weighted by molar-refractivity contribution is 5.47. The van der Waals surface area contributed by atoms with Gasteiger partial charge in [-0.25, -0.2) is 5.43 Å². The molecule has 1 heterocycles. The van der Waals surface area contributed by atoms with Gasteiger partial charge in [0.25, 0.3) is 0 Å². The van der Waals surface area contributed by atoms with Crippen molar-refractivity contribution < 1.29 is 0 Å². The molecule has 0 aromatic carbocycles. The predicted octanol–water partition coefficient (Wildman–Crippen LogP) is 0.698. The molecule has 3 aliphatic carbocycles. The lowest BCUT2D eigenvalue weighted by Gasteiger charge is -2.30. The minimum Gasteiger partial charge on any atom is -0.325 e. The number of rotatable bonds is 0. The Morgan fingerprint density at radius 2 is 2.40 bits per heavy atom. The summed E-state index contributed by atoms with van der Waals surface area (Å²) in [4.78, 5) is 0. The Hall–Kier alpha value is -0.760. The zero-order valence-electron chi connectivity index (χ0n) is 5.78. The van der Waals surface area contributed by atoms with E-state index in [2.05, 4.69) is 16.9 Å². The molecule has 2 nitrogen and oxygen atoms in total. The Labute approximate surface area is 60.0 Å². The third-order valence-electron chi connectivity index (χ3n) is 2.63. The summed E-state index contributed by atoms with van der Waals surface area (Å²) in [5.74, 6) is 0.781. The quantitative estimate of drug-likeness (QED) is 0.509. The lowest BCUT2D eigenvalue weighted by atomic mass is 9.76. The van der Waals surface area contributed by atoms with Crippen molar-refractivity contribution in [1.82, 2.24) is 10.9 Å². The van der Waals surface area contributed by atoms with E-state index in [0.29, 0.717) is 0 Å². The fraction of sp³-hybridized carbons (Fsp3) is 0.500. The molecule has 0 radical (unpaired) electrons. The first-order valence-electron chi connectivity index (χ1n) is 3.85. The van der Waals surface area contributed by atoms with E-state index in [9.17, 15) is 0 Å². The van der Waals surface area contributed by atoms with Gasteiger partial charge in [0.05, 0.1) is 0 Å². The molecule has 0 amide bonds. The van der Waals surface area contributed by atoms with Crippen molar-refractivity contribution in [3.8, 4) is 0 Å². The summed E-state index contributed by atoms with van der Waals surface area (Å²) in [6.07, 6.45) is 4.87. The second kappa shape index (κ2) is 1.45. The minimum atomic E-state index is 0.781. The molecular weight excluding hydrogens is 124 g/mol. The van der Waals surface area contributed by atoms with Crippen molar-refractivity contribution in [2.75, 3.05) is 6.54 Å². The first kappa shape index (κ1) is 4.97. The van der Waals surface area contributed by atoms with Gasteiger partial charge in [0.15, 0.2) is 0 Å². The third kappa shape index (κ3) is 0.443. The van der Waals surface area contributed by atoms with Gasteiger partial charge in [0.2, 0.25) is 0 Å². The van der Waals surface area contributed by atoms with Gasteiger partial charge in [-0.05, 0) is 18.4 Å². The van der Waals surface area contributed by atoms with Gasteiger partial charge < -0.3 is 5.43 Å². The monoisotopic (exact) mass is 134 g/mol. The number of hydrazine groups is 1. The van der Waals surface area contributed by atoms with Crippen molar-refractivity contribution in [3.63, 3.8) is 0 Å². The average molecular weight is 134 g/mol. The van der Waals surface area contributed by atoms with Gasteiger partial charge >= 0.3 is 0 Å². The Morgan fingerprint density at radius 3 is 3.20 bits per heavy atom. The summed E-state index contributed by atoms with van der Waals surface area (Å²) in [5.41, 5.74) is 11.1. The second-order valence-corrected chi connectivity index (χ2v) is 3.33. The van der Waals surface area contributed by atoms with E-state index in [4.69, 9.17) is 0 Å². The van der Waals surface area contributed by atoms with Crippen molar-refractivity contribution in [3.05, 3.63) is 22.9 Å². The molecule has 1 unspecified atom stereocenters. The van der Waals surface area contributed by atoms with Crippen LogP contribution >= 0.6 is 0 Å². The first-order valence-corrected chi connectivity index (χ1v) is 3.85. The van der Waals surface area contributed by atoms with Gasteiger partial charge in [-0.1, -0.05) is 11.6 Å². The van der Waals surface area contributed by atoms with Crippen LogP contribution in [0.25, 0.3) is 0 Å². The summed E-state index contributed by atoms with van der Waals surface area (Å²) in [6, 6.07) is 0. The van der Waals surface area contributed by atoms with Gasteiger partial charge in [0, 0.05) is 18.2 Å². The molecule has 1 aliphatic heterocycles. The molecule has 4 rings (SSSR count). The molecule has 52 valence electrons. The largest absolute Gasteiger partial charge is 0.325 e. The van der Waals surface area contributed by atoms with Crippen LogP contribution in [0.1, 0.15) is 12.8 Å². The van der Waals surface area contributed by atoms with E-state index >= 15 is 0 Å².